The molecule has 27 heavy (non-hydrogen) atoms. The minimum Gasteiger partial charge on any atom is -0.336 e. The fraction of sp³-hybridized carbons (Fsp3) is 0.263. The summed E-state index contributed by atoms with van der Waals surface area (Å²) in [5.41, 5.74) is 1.19. The molecule has 2 aromatic carbocycles. The summed E-state index contributed by atoms with van der Waals surface area (Å²) in [4.78, 5) is 29.2. The van der Waals surface area contributed by atoms with Crippen LogP contribution in [0, 0.1) is 0 Å². The lowest BCUT2D eigenvalue weighted by molar-refractivity contribution is 0.0664. The van der Waals surface area contributed by atoms with Crippen LogP contribution in [0.3, 0.4) is 0 Å². The molecule has 3 rings (SSSR count). The van der Waals surface area contributed by atoms with Crippen LogP contribution >= 0.6 is 34.8 Å². The van der Waals surface area contributed by atoms with E-state index in [1.165, 1.54) is 6.07 Å². The molecule has 0 spiro atoms. The predicted molar refractivity (Wildman–Crippen MR) is 109 cm³/mol. The van der Waals surface area contributed by atoms with E-state index in [-0.39, 0.29) is 16.8 Å². The predicted octanol–water partition coefficient (Wildman–Crippen LogP) is 4.29. The van der Waals surface area contributed by atoms with Crippen molar-refractivity contribution < 1.29 is 9.59 Å². The number of hydrogen-bond donors (Lipinski definition) is 1. The van der Waals surface area contributed by atoms with E-state index in [9.17, 15) is 9.59 Å². The standard InChI is InChI=1S/C19H18Cl3N3O2/c1-24-6-8-25(9-7-24)19(27)13-3-5-15(21)17(11-13)23-18(26)12-2-4-14(20)16(22)10-12/h2-5,10-11H,6-9H2,1H3,(H,23,26). The molecule has 1 saturated heterocycles. The lowest BCUT2D eigenvalue weighted by Crippen LogP contribution is -2.47. The summed E-state index contributed by atoms with van der Waals surface area (Å²) in [6, 6.07) is 9.46. The third kappa shape index (κ3) is 4.74. The zero-order valence-corrected chi connectivity index (χ0v) is 16.9. The van der Waals surface area contributed by atoms with Crippen LogP contribution < -0.4 is 5.32 Å². The van der Waals surface area contributed by atoms with Gasteiger partial charge >= 0.3 is 0 Å². The molecule has 2 amide bonds. The fourth-order valence-corrected chi connectivity index (χ4v) is 3.24. The first kappa shape index (κ1) is 20.0. The average Bonchev–Trinajstić information content (AvgIpc) is 2.65. The Labute approximate surface area is 172 Å². The van der Waals surface area contributed by atoms with Crippen molar-refractivity contribution in [3.8, 4) is 0 Å². The fourth-order valence-electron chi connectivity index (χ4n) is 2.78. The Balaban J connectivity index is 1.77. The van der Waals surface area contributed by atoms with Crippen molar-refractivity contribution in [1.82, 2.24) is 9.80 Å². The molecular formula is C19H18Cl3N3O2. The smallest absolute Gasteiger partial charge is 0.255 e. The number of carbonyl (C=O) groups is 2. The van der Waals surface area contributed by atoms with Crippen LogP contribution in [0.1, 0.15) is 20.7 Å². The number of piperazine rings is 1. The summed E-state index contributed by atoms with van der Waals surface area (Å²) in [6.07, 6.45) is 0. The SMILES string of the molecule is CN1CCN(C(=O)c2ccc(Cl)c(NC(=O)c3ccc(Cl)c(Cl)c3)c2)CC1. The Hall–Kier alpha value is -1.79. The minimum atomic E-state index is -0.389. The molecule has 1 aliphatic heterocycles. The van der Waals surface area contributed by atoms with Gasteiger partial charge in [-0.2, -0.15) is 0 Å². The van der Waals surface area contributed by atoms with Crippen molar-refractivity contribution >= 4 is 52.3 Å². The average molecular weight is 427 g/mol. The van der Waals surface area contributed by atoms with Crippen LogP contribution in [0.25, 0.3) is 0 Å². The van der Waals surface area contributed by atoms with Gasteiger partial charge in [0.1, 0.15) is 0 Å². The normalized spacial score (nSPS) is 14.9. The maximum Gasteiger partial charge on any atom is 0.255 e. The quantitative estimate of drug-likeness (QED) is 0.797. The van der Waals surface area contributed by atoms with Crippen LogP contribution in [-0.4, -0.2) is 54.8 Å². The first-order chi connectivity index (χ1) is 12.8. The van der Waals surface area contributed by atoms with Crippen molar-refractivity contribution in [2.24, 2.45) is 0 Å². The maximum absolute atomic E-state index is 12.7. The van der Waals surface area contributed by atoms with Crippen molar-refractivity contribution in [2.45, 2.75) is 0 Å². The second-order valence-corrected chi connectivity index (χ2v) is 7.59. The Bertz CT molecular complexity index is 880. The van der Waals surface area contributed by atoms with Crippen LogP contribution in [0.2, 0.25) is 15.1 Å². The van der Waals surface area contributed by atoms with Gasteiger partial charge in [-0.05, 0) is 43.4 Å². The van der Waals surface area contributed by atoms with Crippen molar-refractivity contribution in [2.75, 3.05) is 38.5 Å². The van der Waals surface area contributed by atoms with E-state index in [1.54, 1.807) is 35.2 Å². The van der Waals surface area contributed by atoms with Gasteiger partial charge < -0.3 is 15.1 Å². The molecular weight excluding hydrogens is 409 g/mol. The third-order valence-corrected chi connectivity index (χ3v) is 5.50. The molecule has 1 fully saturated rings. The van der Waals surface area contributed by atoms with Gasteiger partial charge in [0.05, 0.1) is 20.8 Å². The molecule has 0 saturated carbocycles. The molecule has 1 heterocycles. The van der Waals surface area contributed by atoms with E-state index in [0.29, 0.717) is 39.9 Å². The molecule has 0 aromatic heterocycles. The number of benzene rings is 2. The molecule has 0 unspecified atom stereocenters. The van der Waals surface area contributed by atoms with Crippen molar-refractivity contribution in [3.63, 3.8) is 0 Å². The van der Waals surface area contributed by atoms with Gasteiger partial charge in [0.15, 0.2) is 0 Å². The summed E-state index contributed by atoms with van der Waals surface area (Å²) in [6.45, 7) is 3.01. The lowest BCUT2D eigenvalue weighted by Gasteiger charge is -2.32. The number of carbonyl (C=O) groups excluding carboxylic acids is 2. The maximum atomic E-state index is 12.7. The van der Waals surface area contributed by atoms with E-state index in [1.807, 2.05) is 7.05 Å². The second kappa shape index (κ2) is 8.48. The molecule has 1 N–H and O–H groups in total. The summed E-state index contributed by atoms with van der Waals surface area (Å²) >= 11 is 18.0. The van der Waals surface area contributed by atoms with E-state index in [4.69, 9.17) is 34.8 Å². The second-order valence-electron chi connectivity index (χ2n) is 6.37. The zero-order valence-electron chi connectivity index (χ0n) is 14.6. The van der Waals surface area contributed by atoms with Gasteiger partial charge in [-0.1, -0.05) is 34.8 Å². The molecule has 1 aliphatic rings. The molecule has 142 valence electrons. The highest BCUT2D eigenvalue weighted by atomic mass is 35.5. The summed E-state index contributed by atoms with van der Waals surface area (Å²) in [7, 11) is 2.03. The first-order valence-corrected chi connectivity index (χ1v) is 9.52. The number of hydrogen-bond acceptors (Lipinski definition) is 3. The van der Waals surface area contributed by atoms with Crippen LogP contribution in [0.5, 0.6) is 0 Å². The number of amides is 2. The van der Waals surface area contributed by atoms with E-state index < -0.39 is 0 Å². The highest BCUT2D eigenvalue weighted by Crippen LogP contribution is 2.26. The first-order valence-electron chi connectivity index (χ1n) is 8.39. The lowest BCUT2D eigenvalue weighted by atomic mass is 10.1. The van der Waals surface area contributed by atoms with Gasteiger partial charge in [-0.15, -0.1) is 0 Å². The number of rotatable bonds is 3. The monoisotopic (exact) mass is 425 g/mol. The summed E-state index contributed by atoms with van der Waals surface area (Å²) in [5, 5.41) is 3.73. The molecule has 0 atom stereocenters. The van der Waals surface area contributed by atoms with Crippen LogP contribution in [-0.2, 0) is 0 Å². The van der Waals surface area contributed by atoms with Gasteiger partial charge in [0, 0.05) is 37.3 Å². The molecule has 0 aliphatic carbocycles. The van der Waals surface area contributed by atoms with Gasteiger partial charge in [-0.3, -0.25) is 9.59 Å². The largest absolute Gasteiger partial charge is 0.336 e. The topological polar surface area (TPSA) is 52.6 Å². The Morgan fingerprint density at radius 2 is 1.48 bits per heavy atom. The number of anilines is 1. The number of nitrogens with zero attached hydrogens (tertiary/aromatic N) is 2. The molecule has 5 nitrogen and oxygen atoms in total. The Morgan fingerprint density at radius 1 is 0.852 bits per heavy atom. The molecule has 0 bridgehead atoms. The van der Waals surface area contributed by atoms with E-state index >= 15 is 0 Å². The number of nitrogens with one attached hydrogen (secondary N) is 1. The van der Waals surface area contributed by atoms with E-state index in [0.717, 1.165) is 13.1 Å². The number of halogens is 3. The highest BCUT2D eigenvalue weighted by molar-refractivity contribution is 6.42. The van der Waals surface area contributed by atoms with Gasteiger partial charge in [-0.25, -0.2) is 0 Å². The highest BCUT2D eigenvalue weighted by Gasteiger charge is 2.21. The summed E-state index contributed by atoms with van der Waals surface area (Å²) < 4.78 is 0. The minimum absolute atomic E-state index is 0.0789. The van der Waals surface area contributed by atoms with E-state index in [2.05, 4.69) is 10.2 Å². The number of likely N-dealkylation sites (N-methyl/N-ethyl adjacent to an activating group) is 1. The van der Waals surface area contributed by atoms with Crippen LogP contribution in [0.4, 0.5) is 5.69 Å². The molecule has 0 radical (unpaired) electrons. The molecule has 8 heteroatoms. The van der Waals surface area contributed by atoms with Crippen molar-refractivity contribution in [3.05, 3.63) is 62.6 Å². The van der Waals surface area contributed by atoms with Gasteiger partial charge in [0.25, 0.3) is 11.8 Å². The Morgan fingerprint density at radius 3 is 2.15 bits per heavy atom. The Kier molecular flexibility index (Phi) is 6.27. The van der Waals surface area contributed by atoms with Crippen LogP contribution in [0.15, 0.2) is 36.4 Å². The van der Waals surface area contributed by atoms with Gasteiger partial charge in [0.2, 0.25) is 0 Å². The third-order valence-electron chi connectivity index (χ3n) is 4.43. The van der Waals surface area contributed by atoms with Crippen molar-refractivity contribution in [1.29, 1.82) is 0 Å². The summed E-state index contributed by atoms with van der Waals surface area (Å²) in [5.74, 6) is -0.468. The molecule has 2 aromatic rings. The zero-order chi connectivity index (χ0) is 19.6.